The molecule has 0 radical (unpaired) electrons. The number of carboxylic acids is 1. The van der Waals surface area contributed by atoms with Gasteiger partial charge in [0.15, 0.2) is 0 Å². The van der Waals surface area contributed by atoms with Crippen molar-refractivity contribution in [3.05, 3.63) is 59.7 Å². The first-order valence-corrected chi connectivity index (χ1v) is 11.4. The molecule has 12 heteroatoms. The van der Waals surface area contributed by atoms with Gasteiger partial charge in [-0.1, -0.05) is 52.8 Å². The minimum Gasteiger partial charge on any atom is -0.493 e. The lowest BCUT2D eigenvalue weighted by atomic mass is 9.88. The van der Waals surface area contributed by atoms with Crippen molar-refractivity contribution >= 4 is 5.97 Å². The summed E-state index contributed by atoms with van der Waals surface area (Å²) in [6, 6.07) is 12.6. The number of aliphatic hydroxyl groups excluding tert-OH is 1. The number of carboxylic acid groups (broad SMARTS) is 1. The smallest absolute Gasteiger partial charge is 0.422 e. The van der Waals surface area contributed by atoms with Crippen LogP contribution in [0.2, 0.25) is 0 Å². The topological polar surface area (TPSA) is 132 Å². The molecule has 5 rings (SSSR count). The lowest BCUT2D eigenvalue weighted by molar-refractivity contribution is -0.138. The van der Waals surface area contributed by atoms with E-state index in [-0.39, 0.29) is 30.3 Å². The fraction of sp³-hybridized carbons (Fsp3) is 0.280. The van der Waals surface area contributed by atoms with Crippen LogP contribution in [0, 0.1) is 5.92 Å². The summed E-state index contributed by atoms with van der Waals surface area (Å²) in [6.45, 7) is 0.185. The van der Waals surface area contributed by atoms with Crippen LogP contribution in [0.15, 0.2) is 57.6 Å². The second-order valence-corrected chi connectivity index (χ2v) is 8.58. The lowest BCUT2D eigenvalue weighted by Gasteiger charge is -2.30. The first-order chi connectivity index (χ1) is 17.7. The van der Waals surface area contributed by atoms with Crippen LogP contribution in [0.1, 0.15) is 36.5 Å². The molecule has 0 aliphatic carbocycles. The van der Waals surface area contributed by atoms with Gasteiger partial charge < -0.3 is 24.0 Å². The second-order valence-electron chi connectivity index (χ2n) is 8.58. The highest BCUT2D eigenvalue weighted by atomic mass is 19.4. The Kier molecular flexibility index (Phi) is 6.42. The molecule has 2 aromatic carbocycles. The number of aliphatic hydroxyl groups is 1. The number of hydrogen-bond acceptors (Lipinski definition) is 8. The maximum Gasteiger partial charge on any atom is 0.422 e. The van der Waals surface area contributed by atoms with Crippen LogP contribution in [0.3, 0.4) is 0 Å². The van der Waals surface area contributed by atoms with Crippen LogP contribution in [0.5, 0.6) is 5.75 Å². The van der Waals surface area contributed by atoms with E-state index in [1.54, 1.807) is 36.4 Å². The van der Waals surface area contributed by atoms with Gasteiger partial charge >= 0.3 is 12.1 Å². The number of halogens is 3. The number of fused-ring (bicyclic) bond motifs is 1. The van der Waals surface area contributed by atoms with E-state index in [1.807, 2.05) is 0 Å². The summed E-state index contributed by atoms with van der Waals surface area (Å²) in [5.74, 6) is -1.99. The van der Waals surface area contributed by atoms with Crippen molar-refractivity contribution in [2.45, 2.75) is 31.5 Å². The van der Waals surface area contributed by atoms with Gasteiger partial charge in [-0.05, 0) is 18.9 Å². The number of alkyl halides is 3. The fourth-order valence-electron chi connectivity index (χ4n) is 4.27. The van der Waals surface area contributed by atoms with Gasteiger partial charge in [-0.2, -0.15) is 18.2 Å². The van der Waals surface area contributed by atoms with E-state index in [4.69, 9.17) is 18.9 Å². The average Bonchev–Trinajstić information content (AvgIpc) is 3.53. The van der Waals surface area contributed by atoms with Crippen LogP contribution in [0.25, 0.3) is 34.3 Å². The summed E-state index contributed by atoms with van der Waals surface area (Å²) in [4.78, 5) is 14.8. The van der Waals surface area contributed by atoms with Crippen molar-refractivity contribution in [3.8, 4) is 40.0 Å². The van der Waals surface area contributed by atoms with E-state index in [0.717, 1.165) is 0 Å². The highest BCUT2D eigenvalue weighted by molar-refractivity contribution is 5.71. The first-order valence-electron chi connectivity index (χ1n) is 11.4. The van der Waals surface area contributed by atoms with Gasteiger partial charge in [0.05, 0.1) is 12.7 Å². The molecule has 0 spiro atoms. The number of rotatable bonds is 7. The molecule has 2 aromatic heterocycles. The zero-order valence-electron chi connectivity index (χ0n) is 19.1. The number of ether oxygens (including phenoxy) is 1. The molecule has 9 nitrogen and oxygen atoms in total. The Hall–Kier alpha value is -4.19. The van der Waals surface area contributed by atoms with Crippen LogP contribution in [-0.4, -0.2) is 38.1 Å². The summed E-state index contributed by atoms with van der Waals surface area (Å²) in [7, 11) is 0. The molecule has 0 unspecified atom stereocenters. The minimum absolute atomic E-state index is 0.00323. The normalized spacial score (nSPS) is 17.3. The summed E-state index contributed by atoms with van der Waals surface area (Å²) in [5.41, 5.74) is -0.393. The Morgan fingerprint density at radius 2 is 1.84 bits per heavy atom. The van der Waals surface area contributed by atoms with Gasteiger partial charge in [0.2, 0.25) is 11.6 Å². The maximum atomic E-state index is 14.0. The largest absolute Gasteiger partial charge is 0.493 e. The van der Waals surface area contributed by atoms with E-state index in [1.165, 1.54) is 12.1 Å². The second kappa shape index (κ2) is 9.69. The van der Waals surface area contributed by atoms with Crippen molar-refractivity contribution in [2.24, 2.45) is 5.92 Å². The Balaban J connectivity index is 1.41. The predicted molar refractivity (Wildman–Crippen MR) is 121 cm³/mol. The Morgan fingerprint density at radius 1 is 1.05 bits per heavy atom. The molecule has 0 fully saturated rings. The van der Waals surface area contributed by atoms with Crippen LogP contribution < -0.4 is 4.74 Å². The zero-order valence-corrected chi connectivity index (χ0v) is 19.1. The first kappa shape index (κ1) is 24.5. The molecule has 1 aliphatic rings. The SMILES string of the molecule is O=C(O)CCC[C@H]1COc2cc(-c3noc(-c4onc(-c5ccccc5)c4C(F)(F)F)n3)ccc2[C@@H]1O. The van der Waals surface area contributed by atoms with E-state index in [0.29, 0.717) is 29.7 Å². The number of aromatic nitrogens is 3. The van der Waals surface area contributed by atoms with Crippen molar-refractivity contribution in [1.29, 1.82) is 0 Å². The maximum absolute atomic E-state index is 14.0. The quantitative estimate of drug-likeness (QED) is 0.333. The third-order valence-corrected chi connectivity index (χ3v) is 6.10. The van der Waals surface area contributed by atoms with E-state index < -0.39 is 41.2 Å². The highest BCUT2D eigenvalue weighted by Gasteiger charge is 2.43. The predicted octanol–water partition coefficient (Wildman–Crippen LogP) is 5.37. The van der Waals surface area contributed by atoms with Gasteiger partial charge in [-0.15, -0.1) is 0 Å². The van der Waals surface area contributed by atoms with Crippen LogP contribution in [0.4, 0.5) is 13.2 Å². The standard InChI is InChI=1S/C25H20F3N3O6/c26-25(27,28)19-20(13-5-2-1-3-6-13)30-36-22(19)24-29-23(31-37-24)14-9-10-16-17(11-14)35-12-15(21(16)34)7-4-8-18(32)33/h1-3,5-6,9-11,15,21,34H,4,7-8,12H2,(H,32,33)/t15-,21+/m0/s1. The van der Waals surface area contributed by atoms with Gasteiger partial charge in [-0.3, -0.25) is 4.79 Å². The fourth-order valence-corrected chi connectivity index (χ4v) is 4.27. The Morgan fingerprint density at radius 3 is 2.57 bits per heavy atom. The van der Waals surface area contributed by atoms with Crippen molar-refractivity contribution in [2.75, 3.05) is 6.61 Å². The lowest BCUT2D eigenvalue weighted by Crippen LogP contribution is -2.26. The van der Waals surface area contributed by atoms with Gasteiger partial charge in [0.25, 0.3) is 5.89 Å². The van der Waals surface area contributed by atoms with Crippen LogP contribution >= 0.6 is 0 Å². The number of carbonyl (C=O) groups is 1. The molecular formula is C25H20F3N3O6. The molecular weight excluding hydrogens is 495 g/mol. The molecule has 0 saturated carbocycles. The summed E-state index contributed by atoms with van der Waals surface area (Å²) >= 11 is 0. The van der Waals surface area contributed by atoms with Crippen molar-refractivity contribution < 1.29 is 42.0 Å². The Bertz CT molecular complexity index is 1420. The number of hydrogen-bond donors (Lipinski definition) is 2. The molecule has 0 bridgehead atoms. The van der Waals surface area contributed by atoms with E-state index in [2.05, 4.69) is 15.3 Å². The van der Waals surface area contributed by atoms with Gasteiger partial charge in [0.1, 0.15) is 17.0 Å². The highest BCUT2D eigenvalue weighted by Crippen LogP contribution is 2.44. The number of benzene rings is 2. The third kappa shape index (κ3) is 4.92. The number of aliphatic carboxylic acids is 1. The van der Waals surface area contributed by atoms with Gasteiger partial charge in [0, 0.05) is 29.0 Å². The zero-order chi connectivity index (χ0) is 26.2. The average molecular weight is 515 g/mol. The molecule has 2 atom stereocenters. The Labute approximate surface area is 207 Å². The molecule has 192 valence electrons. The van der Waals surface area contributed by atoms with Gasteiger partial charge in [-0.25, -0.2) is 0 Å². The summed E-state index contributed by atoms with van der Waals surface area (Å²) < 4.78 is 57.8. The molecule has 3 heterocycles. The molecule has 1 aliphatic heterocycles. The van der Waals surface area contributed by atoms with Crippen molar-refractivity contribution in [3.63, 3.8) is 0 Å². The third-order valence-electron chi connectivity index (χ3n) is 6.10. The molecule has 0 amide bonds. The van der Waals surface area contributed by atoms with Crippen molar-refractivity contribution in [1.82, 2.24) is 15.3 Å². The molecule has 2 N–H and O–H groups in total. The minimum atomic E-state index is -4.80. The van der Waals surface area contributed by atoms with E-state index >= 15 is 0 Å². The van der Waals surface area contributed by atoms with E-state index in [9.17, 15) is 23.1 Å². The molecule has 37 heavy (non-hydrogen) atoms. The molecule has 4 aromatic rings. The number of nitrogens with zero attached hydrogens (tertiary/aromatic N) is 3. The monoisotopic (exact) mass is 515 g/mol. The summed E-state index contributed by atoms with van der Waals surface area (Å²) in [6.07, 6.45) is -4.76. The molecule has 0 saturated heterocycles. The summed E-state index contributed by atoms with van der Waals surface area (Å²) in [5, 5.41) is 26.9. The van der Waals surface area contributed by atoms with Crippen LogP contribution in [-0.2, 0) is 11.0 Å².